The van der Waals surface area contributed by atoms with Gasteiger partial charge in [0, 0.05) is 25.1 Å². The SMILES string of the molecule is CCCC(CN)C(=O)NC(C)C1CCOC1. The highest BCUT2D eigenvalue weighted by atomic mass is 16.5. The Labute approximate surface area is 97.9 Å². The summed E-state index contributed by atoms with van der Waals surface area (Å²) in [6, 6.07) is 0.195. The van der Waals surface area contributed by atoms with Crippen molar-refractivity contribution in [2.24, 2.45) is 17.6 Å². The molecule has 0 aromatic carbocycles. The van der Waals surface area contributed by atoms with Gasteiger partial charge in [0.25, 0.3) is 0 Å². The summed E-state index contributed by atoms with van der Waals surface area (Å²) < 4.78 is 5.32. The van der Waals surface area contributed by atoms with Gasteiger partial charge in [-0.25, -0.2) is 0 Å². The van der Waals surface area contributed by atoms with Crippen LogP contribution in [0.15, 0.2) is 0 Å². The van der Waals surface area contributed by atoms with E-state index in [2.05, 4.69) is 19.2 Å². The molecule has 16 heavy (non-hydrogen) atoms. The van der Waals surface area contributed by atoms with Crippen LogP contribution in [-0.2, 0) is 9.53 Å². The van der Waals surface area contributed by atoms with Crippen molar-refractivity contribution in [1.82, 2.24) is 5.32 Å². The molecule has 3 unspecified atom stereocenters. The van der Waals surface area contributed by atoms with Crippen molar-refractivity contribution < 1.29 is 9.53 Å². The first-order valence-corrected chi connectivity index (χ1v) is 6.27. The van der Waals surface area contributed by atoms with Gasteiger partial charge >= 0.3 is 0 Å². The van der Waals surface area contributed by atoms with Crippen LogP contribution in [0.3, 0.4) is 0 Å². The van der Waals surface area contributed by atoms with Crippen LogP contribution in [0.5, 0.6) is 0 Å². The summed E-state index contributed by atoms with van der Waals surface area (Å²) in [6.07, 6.45) is 2.91. The number of nitrogens with two attached hydrogens (primary N) is 1. The average Bonchev–Trinajstić information content (AvgIpc) is 2.78. The molecule has 1 aliphatic rings. The summed E-state index contributed by atoms with van der Waals surface area (Å²) in [5, 5.41) is 3.06. The second-order valence-electron chi connectivity index (χ2n) is 4.64. The molecule has 4 heteroatoms. The van der Waals surface area contributed by atoms with Crippen LogP contribution in [0.25, 0.3) is 0 Å². The van der Waals surface area contributed by atoms with Crippen LogP contribution in [-0.4, -0.2) is 31.7 Å². The van der Waals surface area contributed by atoms with E-state index in [1.54, 1.807) is 0 Å². The number of hydrogen-bond acceptors (Lipinski definition) is 3. The minimum atomic E-state index is -0.0326. The van der Waals surface area contributed by atoms with Gasteiger partial charge in [-0.2, -0.15) is 0 Å². The maximum Gasteiger partial charge on any atom is 0.224 e. The third-order valence-electron chi connectivity index (χ3n) is 3.33. The van der Waals surface area contributed by atoms with Crippen LogP contribution in [0.4, 0.5) is 0 Å². The lowest BCUT2D eigenvalue weighted by Crippen LogP contribution is -2.43. The molecule has 0 aromatic heterocycles. The molecule has 1 heterocycles. The first kappa shape index (κ1) is 13.5. The molecule has 0 aromatic rings. The minimum Gasteiger partial charge on any atom is -0.381 e. The van der Waals surface area contributed by atoms with Gasteiger partial charge < -0.3 is 15.8 Å². The first-order valence-electron chi connectivity index (χ1n) is 6.27. The van der Waals surface area contributed by atoms with E-state index < -0.39 is 0 Å². The van der Waals surface area contributed by atoms with Crippen molar-refractivity contribution in [3.63, 3.8) is 0 Å². The zero-order valence-corrected chi connectivity index (χ0v) is 10.4. The van der Waals surface area contributed by atoms with Gasteiger partial charge in [0.1, 0.15) is 0 Å². The van der Waals surface area contributed by atoms with Crippen molar-refractivity contribution in [3.8, 4) is 0 Å². The third-order valence-corrected chi connectivity index (χ3v) is 3.33. The van der Waals surface area contributed by atoms with E-state index in [1.807, 2.05) is 0 Å². The first-order chi connectivity index (χ1) is 7.69. The molecule has 1 rings (SSSR count). The maximum atomic E-state index is 11.9. The lowest BCUT2D eigenvalue weighted by atomic mass is 9.98. The van der Waals surface area contributed by atoms with Gasteiger partial charge in [-0.05, 0) is 19.8 Å². The number of carbonyl (C=O) groups is 1. The Balaban J connectivity index is 2.36. The van der Waals surface area contributed by atoms with E-state index in [-0.39, 0.29) is 17.9 Å². The molecule has 3 N–H and O–H groups in total. The van der Waals surface area contributed by atoms with Gasteiger partial charge in [-0.15, -0.1) is 0 Å². The van der Waals surface area contributed by atoms with Crippen LogP contribution >= 0.6 is 0 Å². The molecule has 4 nitrogen and oxygen atoms in total. The number of amides is 1. The lowest BCUT2D eigenvalue weighted by molar-refractivity contribution is -0.125. The Hall–Kier alpha value is -0.610. The van der Waals surface area contributed by atoms with Crippen molar-refractivity contribution in [3.05, 3.63) is 0 Å². The number of rotatable bonds is 6. The van der Waals surface area contributed by atoms with E-state index in [1.165, 1.54) is 0 Å². The Morgan fingerprint density at radius 2 is 2.38 bits per heavy atom. The molecule has 0 aliphatic carbocycles. The molecule has 1 saturated heterocycles. The highest BCUT2D eigenvalue weighted by Crippen LogP contribution is 2.17. The summed E-state index contributed by atoms with van der Waals surface area (Å²) >= 11 is 0. The number of nitrogens with one attached hydrogen (secondary N) is 1. The monoisotopic (exact) mass is 228 g/mol. The van der Waals surface area contributed by atoms with Crippen LogP contribution in [0, 0.1) is 11.8 Å². The molecular formula is C12H24N2O2. The van der Waals surface area contributed by atoms with E-state index in [0.29, 0.717) is 12.5 Å². The molecule has 0 saturated carbocycles. The van der Waals surface area contributed by atoms with Crippen molar-refractivity contribution in [1.29, 1.82) is 0 Å². The van der Waals surface area contributed by atoms with Crippen LogP contribution in [0.1, 0.15) is 33.1 Å². The second-order valence-corrected chi connectivity index (χ2v) is 4.64. The molecular weight excluding hydrogens is 204 g/mol. The van der Waals surface area contributed by atoms with Crippen molar-refractivity contribution in [2.45, 2.75) is 39.2 Å². The number of carbonyl (C=O) groups excluding carboxylic acids is 1. The van der Waals surface area contributed by atoms with Gasteiger partial charge in [-0.3, -0.25) is 4.79 Å². The fourth-order valence-electron chi connectivity index (χ4n) is 2.11. The molecule has 0 spiro atoms. The largest absolute Gasteiger partial charge is 0.381 e. The van der Waals surface area contributed by atoms with Crippen LogP contribution in [0.2, 0.25) is 0 Å². The molecule has 0 radical (unpaired) electrons. The maximum absolute atomic E-state index is 11.9. The Morgan fingerprint density at radius 3 is 2.88 bits per heavy atom. The van der Waals surface area contributed by atoms with Gasteiger partial charge in [0.05, 0.1) is 12.5 Å². The van der Waals surface area contributed by atoms with Crippen molar-refractivity contribution in [2.75, 3.05) is 19.8 Å². The number of hydrogen-bond donors (Lipinski definition) is 2. The van der Waals surface area contributed by atoms with E-state index in [4.69, 9.17) is 10.5 Å². The fraction of sp³-hybridized carbons (Fsp3) is 0.917. The molecule has 1 fully saturated rings. The molecule has 94 valence electrons. The van der Waals surface area contributed by atoms with Crippen LogP contribution < -0.4 is 11.1 Å². The van der Waals surface area contributed by atoms with Crippen molar-refractivity contribution >= 4 is 5.91 Å². The zero-order valence-electron chi connectivity index (χ0n) is 10.4. The van der Waals surface area contributed by atoms with E-state index in [0.717, 1.165) is 32.5 Å². The Morgan fingerprint density at radius 1 is 1.62 bits per heavy atom. The highest BCUT2D eigenvalue weighted by molar-refractivity contribution is 5.79. The summed E-state index contributed by atoms with van der Waals surface area (Å²) in [7, 11) is 0. The topological polar surface area (TPSA) is 64.4 Å². The highest BCUT2D eigenvalue weighted by Gasteiger charge is 2.25. The fourth-order valence-corrected chi connectivity index (χ4v) is 2.11. The minimum absolute atomic E-state index is 0.0326. The molecule has 1 aliphatic heterocycles. The summed E-state index contributed by atoms with van der Waals surface area (Å²) in [4.78, 5) is 11.9. The zero-order chi connectivity index (χ0) is 12.0. The van der Waals surface area contributed by atoms with Gasteiger partial charge in [0.2, 0.25) is 5.91 Å². The number of ether oxygens (including phenoxy) is 1. The Kier molecular flexibility index (Phi) is 5.77. The predicted octanol–water partition coefficient (Wildman–Crippen LogP) is 0.903. The quantitative estimate of drug-likeness (QED) is 0.710. The second kappa shape index (κ2) is 6.86. The molecule has 0 bridgehead atoms. The lowest BCUT2D eigenvalue weighted by Gasteiger charge is -2.22. The van der Waals surface area contributed by atoms with E-state index in [9.17, 15) is 4.79 Å². The summed E-state index contributed by atoms with van der Waals surface area (Å²) in [5.74, 6) is 0.530. The van der Waals surface area contributed by atoms with Gasteiger partial charge in [0.15, 0.2) is 0 Å². The van der Waals surface area contributed by atoms with Gasteiger partial charge in [-0.1, -0.05) is 13.3 Å². The molecule has 1 amide bonds. The predicted molar refractivity (Wildman–Crippen MR) is 64.0 cm³/mol. The standard InChI is InChI=1S/C12H24N2O2/c1-3-4-10(7-13)12(15)14-9(2)11-5-6-16-8-11/h9-11H,3-8,13H2,1-2H3,(H,14,15). The average molecular weight is 228 g/mol. The summed E-state index contributed by atoms with van der Waals surface area (Å²) in [6.45, 7) is 6.15. The Bertz CT molecular complexity index is 215. The van der Waals surface area contributed by atoms with E-state index >= 15 is 0 Å². The smallest absolute Gasteiger partial charge is 0.224 e. The molecule has 3 atom stereocenters. The summed E-state index contributed by atoms with van der Waals surface area (Å²) in [5.41, 5.74) is 5.60. The third kappa shape index (κ3) is 3.76. The normalized spacial score (nSPS) is 24.1.